The van der Waals surface area contributed by atoms with E-state index in [1.54, 1.807) is 0 Å². The van der Waals surface area contributed by atoms with E-state index in [4.69, 9.17) is 5.73 Å². The molecule has 0 atom stereocenters. The van der Waals surface area contributed by atoms with Gasteiger partial charge in [-0.25, -0.2) is 4.98 Å². The van der Waals surface area contributed by atoms with Gasteiger partial charge in [-0.05, 0) is 32.4 Å². The summed E-state index contributed by atoms with van der Waals surface area (Å²) in [6.45, 7) is 2.66. The molecule has 0 radical (unpaired) electrons. The Morgan fingerprint density at radius 2 is 2.43 bits per heavy atom. The second-order valence-corrected chi connectivity index (χ2v) is 3.84. The molecule has 2 rings (SSSR count). The van der Waals surface area contributed by atoms with Gasteiger partial charge in [-0.1, -0.05) is 0 Å². The van der Waals surface area contributed by atoms with E-state index >= 15 is 0 Å². The van der Waals surface area contributed by atoms with Gasteiger partial charge in [0.05, 0.1) is 12.0 Å². The molecule has 0 saturated heterocycles. The van der Waals surface area contributed by atoms with Crippen molar-refractivity contribution in [2.75, 3.05) is 13.1 Å². The molecule has 1 aliphatic rings. The van der Waals surface area contributed by atoms with Crippen LogP contribution in [0.4, 0.5) is 0 Å². The minimum Gasteiger partial charge on any atom is -0.330 e. The number of aromatic nitrogens is 2. The van der Waals surface area contributed by atoms with Gasteiger partial charge in [0.2, 0.25) is 0 Å². The number of nitrogens with zero attached hydrogens (tertiary/aromatic N) is 2. The lowest BCUT2D eigenvalue weighted by Gasteiger charge is -2.07. The maximum absolute atomic E-state index is 5.42. The molecule has 1 fully saturated rings. The fourth-order valence-corrected chi connectivity index (χ4v) is 1.59. The quantitative estimate of drug-likeness (QED) is 0.654. The van der Waals surface area contributed by atoms with E-state index in [9.17, 15) is 0 Å². The van der Waals surface area contributed by atoms with Gasteiger partial charge in [0.25, 0.3) is 0 Å². The van der Waals surface area contributed by atoms with Crippen molar-refractivity contribution in [3.63, 3.8) is 0 Å². The average Bonchev–Trinajstić information content (AvgIpc) is 2.94. The minimum absolute atomic E-state index is 0.726. The van der Waals surface area contributed by atoms with E-state index in [0.717, 1.165) is 32.1 Å². The maximum atomic E-state index is 5.42. The highest BCUT2D eigenvalue weighted by Crippen LogP contribution is 2.35. The summed E-state index contributed by atoms with van der Waals surface area (Å²) in [6, 6.07) is 0.726. The van der Waals surface area contributed by atoms with Gasteiger partial charge in [-0.3, -0.25) is 0 Å². The molecule has 0 bridgehead atoms. The summed E-state index contributed by atoms with van der Waals surface area (Å²) >= 11 is 0. The average molecular weight is 194 g/mol. The lowest BCUT2D eigenvalue weighted by molar-refractivity contribution is 0.607. The zero-order valence-electron chi connectivity index (χ0n) is 8.45. The number of rotatable bonds is 6. The summed E-state index contributed by atoms with van der Waals surface area (Å²) in [7, 11) is 0. The summed E-state index contributed by atoms with van der Waals surface area (Å²) < 4.78 is 2.29. The fourth-order valence-electron chi connectivity index (χ4n) is 1.59. The van der Waals surface area contributed by atoms with E-state index in [0.29, 0.717) is 0 Å². The second kappa shape index (κ2) is 4.57. The smallest absolute Gasteiger partial charge is 0.0951 e. The first-order valence-corrected chi connectivity index (χ1v) is 5.33. The van der Waals surface area contributed by atoms with Gasteiger partial charge < -0.3 is 15.6 Å². The van der Waals surface area contributed by atoms with Crippen molar-refractivity contribution in [2.24, 2.45) is 5.73 Å². The Balaban J connectivity index is 1.80. The minimum atomic E-state index is 0.726. The van der Waals surface area contributed by atoms with Gasteiger partial charge in [-0.15, -0.1) is 0 Å². The zero-order valence-corrected chi connectivity index (χ0v) is 8.45. The Bertz CT molecular complexity index is 277. The normalized spacial score (nSPS) is 16.1. The molecule has 4 heteroatoms. The van der Waals surface area contributed by atoms with E-state index in [1.165, 1.54) is 18.5 Å². The number of nitrogens with two attached hydrogens (primary N) is 1. The van der Waals surface area contributed by atoms with Gasteiger partial charge in [0.15, 0.2) is 0 Å². The highest BCUT2D eigenvalue weighted by Gasteiger charge is 2.24. The van der Waals surface area contributed by atoms with Crippen molar-refractivity contribution < 1.29 is 0 Å². The van der Waals surface area contributed by atoms with Crippen LogP contribution in [-0.2, 0) is 6.54 Å². The van der Waals surface area contributed by atoms with Crippen LogP contribution in [0.1, 0.15) is 31.0 Å². The first-order valence-electron chi connectivity index (χ1n) is 5.33. The number of nitrogens with one attached hydrogen (secondary N) is 1. The molecule has 4 nitrogen and oxygen atoms in total. The Morgan fingerprint density at radius 1 is 1.57 bits per heavy atom. The molecule has 0 aliphatic heterocycles. The Morgan fingerprint density at radius 3 is 3.14 bits per heavy atom. The maximum Gasteiger partial charge on any atom is 0.0951 e. The monoisotopic (exact) mass is 194 g/mol. The number of imidazole rings is 1. The topological polar surface area (TPSA) is 55.9 Å². The highest BCUT2D eigenvalue weighted by atomic mass is 15.1. The number of hydrogen-bond donors (Lipinski definition) is 2. The molecule has 1 aromatic heterocycles. The van der Waals surface area contributed by atoms with Crippen LogP contribution >= 0.6 is 0 Å². The Kier molecular flexibility index (Phi) is 3.16. The van der Waals surface area contributed by atoms with Crippen LogP contribution in [0.25, 0.3) is 0 Å². The summed E-state index contributed by atoms with van der Waals surface area (Å²) in [4.78, 5) is 4.18. The van der Waals surface area contributed by atoms with Crippen molar-refractivity contribution in [3.05, 3.63) is 18.2 Å². The molecule has 0 aromatic carbocycles. The molecule has 78 valence electrons. The largest absolute Gasteiger partial charge is 0.330 e. The summed E-state index contributed by atoms with van der Waals surface area (Å²) in [6.07, 6.45) is 7.56. The third kappa shape index (κ3) is 2.33. The van der Waals surface area contributed by atoms with Crippen LogP contribution in [0.2, 0.25) is 0 Å². The summed E-state index contributed by atoms with van der Waals surface area (Å²) in [5.41, 5.74) is 6.71. The fraction of sp³-hybridized carbons (Fsp3) is 0.700. The van der Waals surface area contributed by atoms with Gasteiger partial charge in [0.1, 0.15) is 0 Å². The van der Waals surface area contributed by atoms with Crippen molar-refractivity contribution >= 4 is 0 Å². The van der Waals surface area contributed by atoms with Crippen molar-refractivity contribution in [1.82, 2.24) is 14.9 Å². The molecular weight excluding hydrogens is 176 g/mol. The predicted molar refractivity (Wildman–Crippen MR) is 55.9 cm³/mol. The van der Waals surface area contributed by atoms with Crippen LogP contribution in [0, 0.1) is 0 Å². The first kappa shape index (κ1) is 9.68. The third-order valence-corrected chi connectivity index (χ3v) is 2.55. The van der Waals surface area contributed by atoms with Gasteiger partial charge >= 0.3 is 0 Å². The Labute approximate surface area is 84.5 Å². The van der Waals surface area contributed by atoms with Crippen LogP contribution in [0.5, 0.6) is 0 Å². The summed E-state index contributed by atoms with van der Waals surface area (Å²) in [5.74, 6) is 0. The van der Waals surface area contributed by atoms with Crippen molar-refractivity contribution in [3.8, 4) is 0 Å². The highest BCUT2D eigenvalue weighted by molar-refractivity contribution is 5.03. The molecule has 1 saturated carbocycles. The van der Waals surface area contributed by atoms with E-state index in [2.05, 4.69) is 14.9 Å². The molecule has 0 spiro atoms. The SMILES string of the molecule is NCCCNCc1cncn1C1CC1. The van der Waals surface area contributed by atoms with E-state index in [1.807, 2.05) is 12.5 Å². The van der Waals surface area contributed by atoms with Gasteiger partial charge in [0, 0.05) is 18.8 Å². The molecular formula is C10H18N4. The van der Waals surface area contributed by atoms with Crippen LogP contribution in [-0.4, -0.2) is 22.6 Å². The molecule has 0 unspecified atom stereocenters. The number of hydrogen-bond acceptors (Lipinski definition) is 3. The molecule has 3 N–H and O–H groups in total. The van der Waals surface area contributed by atoms with Crippen LogP contribution in [0.15, 0.2) is 12.5 Å². The van der Waals surface area contributed by atoms with E-state index in [-0.39, 0.29) is 0 Å². The Hall–Kier alpha value is -0.870. The molecule has 1 aliphatic carbocycles. The second-order valence-electron chi connectivity index (χ2n) is 3.84. The van der Waals surface area contributed by atoms with Crippen LogP contribution < -0.4 is 11.1 Å². The van der Waals surface area contributed by atoms with E-state index < -0.39 is 0 Å². The predicted octanol–water partition coefficient (Wildman–Crippen LogP) is 0.656. The van der Waals surface area contributed by atoms with Crippen LogP contribution in [0.3, 0.4) is 0 Å². The third-order valence-electron chi connectivity index (χ3n) is 2.55. The van der Waals surface area contributed by atoms with Crippen molar-refractivity contribution in [2.45, 2.75) is 31.8 Å². The molecule has 1 aromatic rings. The zero-order chi connectivity index (χ0) is 9.80. The molecule has 0 amide bonds. The standard InChI is InChI=1S/C10H18N4/c11-4-1-5-12-6-10-7-13-8-14(10)9-2-3-9/h7-9,12H,1-6,11H2. The lowest BCUT2D eigenvalue weighted by Crippen LogP contribution is -2.19. The van der Waals surface area contributed by atoms with Gasteiger partial charge in [-0.2, -0.15) is 0 Å². The molecule has 1 heterocycles. The summed E-state index contributed by atoms with van der Waals surface area (Å²) in [5, 5.41) is 3.37. The molecule has 14 heavy (non-hydrogen) atoms. The lowest BCUT2D eigenvalue weighted by atomic mass is 10.4. The first-order chi connectivity index (χ1) is 6.92. The van der Waals surface area contributed by atoms with Crippen molar-refractivity contribution in [1.29, 1.82) is 0 Å².